The Bertz CT molecular complexity index is 378. The number of fused-ring (bicyclic) bond motifs is 1. The highest BCUT2D eigenvalue weighted by Crippen LogP contribution is 2.39. The molecular weight excluding hydrogens is 232 g/mol. The lowest BCUT2D eigenvalue weighted by molar-refractivity contribution is 0.588. The van der Waals surface area contributed by atoms with Gasteiger partial charge in [0.25, 0.3) is 0 Å². The quantitative estimate of drug-likeness (QED) is 0.810. The molecule has 0 saturated carbocycles. The van der Waals surface area contributed by atoms with E-state index in [0.717, 1.165) is 24.7 Å². The highest BCUT2D eigenvalue weighted by atomic mass is 35.5. The van der Waals surface area contributed by atoms with Gasteiger partial charge in [-0.25, -0.2) is 0 Å². The molecular formula is C14H21ClN2. The predicted molar refractivity (Wildman–Crippen MR) is 75.2 cm³/mol. The summed E-state index contributed by atoms with van der Waals surface area (Å²) in [7, 11) is 2.01. The summed E-state index contributed by atoms with van der Waals surface area (Å²) in [5.74, 6) is 0.650. The second kappa shape index (κ2) is 5.74. The monoisotopic (exact) mass is 252 g/mol. The van der Waals surface area contributed by atoms with Crippen molar-refractivity contribution in [1.29, 1.82) is 0 Å². The first-order valence-corrected chi connectivity index (χ1v) is 6.83. The molecule has 0 amide bonds. The van der Waals surface area contributed by atoms with Gasteiger partial charge in [-0.3, -0.25) is 0 Å². The third-order valence-electron chi connectivity index (χ3n) is 3.57. The first kappa shape index (κ1) is 12.7. The Morgan fingerprint density at radius 3 is 3.00 bits per heavy atom. The lowest BCUT2D eigenvalue weighted by atomic mass is 9.96. The van der Waals surface area contributed by atoms with Crippen LogP contribution in [0.1, 0.15) is 31.2 Å². The Morgan fingerprint density at radius 1 is 1.47 bits per heavy atom. The molecule has 0 saturated heterocycles. The smallest absolute Gasteiger partial charge is 0.0410 e. The number of nitrogens with zero attached hydrogens (tertiary/aromatic N) is 1. The molecule has 0 aromatic heterocycles. The van der Waals surface area contributed by atoms with Crippen LogP contribution in [0, 0.1) is 0 Å². The zero-order valence-corrected chi connectivity index (χ0v) is 11.4. The summed E-state index contributed by atoms with van der Waals surface area (Å²) < 4.78 is 0. The maximum absolute atomic E-state index is 6.11. The molecule has 1 heterocycles. The second-order valence-corrected chi connectivity index (χ2v) is 5.12. The van der Waals surface area contributed by atoms with Crippen LogP contribution in [0.5, 0.6) is 0 Å². The first-order chi connectivity index (χ1) is 8.26. The maximum Gasteiger partial charge on any atom is 0.0410 e. The highest BCUT2D eigenvalue weighted by molar-refractivity contribution is 6.30. The zero-order valence-electron chi connectivity index (χ0n) is 10.7. The molecule has 94 valence electrons. The molecule has 1 aliphatic heterocycles. The summed E-state index contributed by atoms with van der Waals surface area (Å²) in [6.07, 6.45) is 2.47. The molecule has 0 aliphatic carbocycles. The van der Waals surface area contributed by atoms with Gasteiger partial charge in [0.15, 0.2) is 0 Å². The van der Waals surface area contributed by atoms with Crippen molar-refractivity contribution in [2.45, 2.75) is 25.7 Å². The van der Waals surface area contributed by atoms with Crippen molar-refractivity contribution in [3.8, 4) is 0 Å². The number of hydrogen-bond donors (Lipinski definition) is 1. The lowest BCUT2D eigenvalue weighted by Crippen LogP contribution is -2.21. The second-order valence-electron chi connectivity index (χ2n) is 4.68. The third kappa shape index (κ3) is 2.75. The molecule has 1 atom stereocenters. The van der Waals surface area contributed by atoms with Gasteiger partial charge in [0.2, 0.25) is 0 Å². The SMILES string of the molecule is CCN1CC(CCCNC)c2cc(Cl)ccc21. The summed E-state index contributed by atoms with van der Waals surface area (Å²) in [5.41, 5.74) is 2.82. The molecule has 1 aromatic carbocycles. The normalized spacial score (nSPS) is 18.5. The molecule has 1 unspecified atom stereocenters. The first-order valence-electron chi connectivity index (χ1n) is 6.45. The van der Waals surface area contributed by atoms with Crippen molar-refractivity contribution in [2.24, 2.45) is 0 Å². The van der Waals surface area contributed by atoms with Gasteiger partial charge < -0.3 is 10.2 Å². The van der Waals surface area contributed by atoms with E-state index in [2.05, 4.69) is 29.3 Å². The van der Waals surface area contributed by atoms with E-state index in [1.165, 1.54) is 24.1 Å². The molecule has 1 aromatic rings. The molecule has 1 N–H and O–H groups in total. The van der Waals surface area contributed by atoms with E-state index in [1.54, 1.807) is 0 Å². The van der Waals surface area contributed by atoms with E-state index in [1.807, 2.05) is 13.1 Å². The summed E-state index contributed by atoms with van der Waals surface area (Å²) >= 11 is 6.11. The standard InChI is InChI=1S/C14H21ClN2/c1-3-17-10-11(5-4-8-16-2)13-9-12(15)6-7-14(13)17/h6-7,9,11,16H,3-5,8,10H2,1-2H3. The lowest BCUT2D eigenvalue weighted by Gasteiger charge is -2.17. The third-order valence-corrected chi connectivity index (χ3v) is 3.81. The molecule has 17 heavy (non-hydrogen) atoms. The largest absolute Gasteiger partial charge is 0.371 e. The minimum absolute atomic E-state index is 0.650. The fourth-order valence-electron chi connectivity index (χ4n) is 2.67. The van der Waals surface area contributed by atoms with Crippen molar-refractivity contribution in [3.05, 3.63) is 28.8 Å². The van der Waals surface area contributed by atoms with Crippen LogP contribution in [-0.2, 0) is 0 Å². The highest BCUT2D eigenvalue weighted by Gasteiger charge is 2.27. The maximum atomic E-state index is 6.11. The molecule has 0 fully saturated rings. The molecule has 2 rings (SSSR count). The van der Waals surface area contributed by atoms with Crippen LogP contribution in [-0.4, -0.2) is 26.7 Å². The van der Waals surface area contributed by atoms with Gasteiger partial charge in [0.1, 0.15) is 0 Å². The minimum Gasteiger partial charge on any atom is -0.371 e. The number of benzene rings is 1. The molecule has 0 radical (unpaired) electrons. The van der Waals surface area contributed by atoms with Crippen LogP contribution in [0.2, 0.25) is 5.02 Å². The van der Waals surface area contributed by atoms with Crippen molar-refractivity contribution in [3.63, 3.8) is 0 Å². The van der Waals surface area contributed by atoms with Gasteiger partial charge in [-0.15, -0.1) is 0 Å². The van der Waals surface area contributed by atoms with Crippen LogP contribution < -0.4 is 10.2 Å². The predicted octanol–water partition coefficient (Wildman–Crippen LogP) is 3.26. The van der Waals surface area contributed by atoms with Crippen molar-refractivity contribution < 1.29 is 0 Å². The van der Waals surface area contributed by atoms with E-state index in [-0.39, 0.29) is 0 Å². The summed E-state index contributed by atoms with van der Waals surface area (Å²) in [6, 6.07) is 6.31. The molecule has 2 nitrogen and oxygen atoms in total. The van der Waals surface area contributed by atoms with Crippen LogP contribution >= 0.6 is 11.6 Å². The van der Waals surface area contributed by atoms with Crippen LogP contribution in [0.3, 0.4) is 0 Å². The Hall–Kier alpha value is -0.730. The van der Waals surface area contributed by atoms with E-state index >= 15 is 0 Å². The van der Waals surface area contributed by atoms with E-state index in [4.69, 9.17) is 11.6 Å². The van der Waals surface area contributed by atoms with Gasteiger partial charge in [0.05, 0.1) is 0 Å². The van der Waals surface area contributed by atoms with E-state index in [0.29, 0.717) is 5.92 Å². The molecule has 1 aliphatic rings. The average molecular weight is 253 g/mol. The van der Waals surface area contributed by atoms with Crippen molar-refractivity contribution in [2.75, 3.05) is 31.6 Å². The Morgan fingerprint density at radius 2 is 2.29 bits per heavy atom. The molecule has 0 bridgehead atoms. The van der Waals surface area contributed by atoms with Gasteiger partial charge in [-0.05, 0) is 57.1 Å². The number of nitrogens with one attached hydrogen (secondary N) is 1. The topological polar surface area (TPSA) is 15.3 Å². The number of rotatable bonds is 5. The Balaban J connectivity index is 2.14. The zero-order chi connectivity index (χ0) is 12.3. The van der Waals surface area contributed by atoms with E-state index < -0.39 is 0 Å². The van der Waals surface area contributed by atoms with Crippen molar-refractivity contribution in [1.82, 2.24) is 5.32 Å². The van der Waals surface area contributed by atoms with Crippen LogP contribution in [0.4, 0.5) is 5.69 Å². The van der Waals surface area contributed by atoms with Crippen molar-refractivity contribution >= 4 is 17.3 Å². The van der Waals surface area contributed by atoms with E-state index in [9.17, 15) is 0 Å². The number of halogens is 1. The molecule has 3 heteroatoms. The average Bonchev–Trinajstić information content (AvgIpc) is 2.67. The van der Waals surface area contributed by atoms with Gasteiger partial charge in [-0.2, -0.15) is 0 Å². The minimum atomic E-state index is 0.650. The number of hydrogen-bond acceptors (Lipinski definition) is 2. The molecule has 0 spiro atoms. The van der Waals surface area contributed by atoms with Gasteiger partial charge >= 0.3 is 0 Å². The fraction of sp³-hybridized carbons (Fsp3) is 0.571. The van der Waals surface area contributed by atoms with Gasteiger partial charge in [-0.1, -0.05) is 11.6 Å². The summed E-state index contributed by atoms with van der Waals surface area (Å²) in [5, 5.41) is 4.07. The Labute approximate surface area is 109 Å². The number of likely N-dealkylation sites (N-methyl/N-ethyl adjacent to an activating group) is 1. The fourth-order valence-corrected chi connectivity index (χ4v) is 2.86. The summed E-state index contributed by atoms with van der Waals surface area (Å²) in [6.45, 7) is 5.54. The Kier molecular flexibility index (Phi) is 4.30. The number of anilines is 1. The summed E-state index contributed by atoms with van der Waals surface area (Å²) in [4.78, 5) is 2.45. The van der Waals surface area contributed by atoms with Crippen LogP contribution in [0.25, 0.3) is 0 Å². The van der Waals surface area contributed by atoms with Crippen LogP contribution in [0.15, 0.2) is 18.2 Å². The van der Waals surface area contributed by atoms with Gasteiger partial charge in [0, 0.05) is 29.7 Å².